The van der Waals surface area contributed by atoms with E-state index in [0.717, 1.165) is 11.0 Å². The smallest absolute Gasteiger partial charge is 0.371 e. The van der Waals surface area contributed by atoms with E-state index in [2.05, 4.69) is 10.8 Å². The first-order valence-electron chi connectivity index (χ1n) is 4.98. The van der Waals surface area contributed by atoms with Gasteiger partial charge in [-0.15, -0.1) is 11.3 Å². The van der Waals surface area contributed by atoms with Crippen LogP contribution >= 0.6 is 22.2 Å². The number of thiophene rings is 1. The van der Waals surface area contributed by atoms with Crippen LogP contribution in [0, 0.1) is 0 Å². The first-order chi connectivity index (χ1) is 8.58. The molecule has 0 aromatic carbocycles. The SMILES string of the molecule is O=C(O)C(O)=CC(=O)c1cc([SH]2C=CC=C2)cs1. The van der Waals surface area contributed by atoms with Gasteiger partial charge in [-0.05, 0) is 16.9 Å². The second kappa shape index (κ2) is 5.24. The zero-order valence-electron chi connectivity index (χ0n) is 9.11. The van der Waals surface area contributed by atoms with Gasteiger partial charge in [0.25, 0.3) is 0 Å². The second-order valence-electron chi connectivity index (χ2n) is 3.46. The van der Waals surface area contributed by atoms with Gasteiger partial charge in [-0.25, -0.2) is 4.79 Å². The molecule has 1 aromatic heterocycles. The van der Waals surface area contributed by atoms with E-state index in [4.69, 9.17) is 10.2 Å². The average Bonchev–Trinajstić information content (AvgIpc) is 2.99. The van der Waals surface area contributed by atoms with E-state index < -0.39 is 28.4 Å². The van der Waals surface area contributed by atoms with Gasteiger partial charge in [-0.2, -0.15) is 10.9 Å². The summed E-state index contributed by atoms with van der Waals surface area (Å²) in [5.74, 6) is -2.94. The largest absolute Gasteiger partial charge is 0.502 e. The highest BCUT2D eigenvalue weighted by Gasteiger charge is 2.13. The number of ketones is 1. The Kier molecular flexibility index (Phi) is 3.69. The molecule has 0 atom stereocenters. The molecule has 1 aliphatic heterocycles. The van der Waals surface area contributed by atoms with Gasteiger partial charge in [0.05, 0.1) is 4.88 Å². The minimum atomic E-state index is -1.51. The Morgan fingerprint density at radius 3 is 2.50 bits per heavy atom. The van der Waals surface area contributed by atoms with Gasteiger partial charge in [0, 0.05) is 16.4 Å². The Morgan fingerprint density at radius 1 is 1.22 bits per heavy atom. The van der Waals surface area contributed by atoms with Crippen molar-refractivity contribution in [3.8, 4) is 0 Å². The predicted molar refractivity (Wildman–Crippen MR) is 72.5 cm³/mol. The molecule has 94 valence electrons. The molecule has 0 unspecified atom stereocenters. The number of carbonyl (C=O) groups is 2. The van der Waals surface area contributed by atoms with E-state index in [1.807, 2.05) is 17.5 Å². The molecule has 0 saturated carbocycles. The van der Waals surface area contributed by atoms with Crippen molar-refractivity contribution in [2.45, 2.75) is 4.90 Å². The summed E-state index contributed by atoms with van der Waals surface area (Å²) in [7, 11) is -0.479. The summed E-state index contributed by atoms with van der Waals surface area (Å²) in [5, 5.41) is 23.5. The van der Waals surface area contributed by atoms with Gasteiger partial charge in [0.15, 0.2) is 5.78 Å². The van der Waals surface area contributed by atoms with Crippen LogP contribution in [0.2, 0.25) is 0 Å². The number of carboxylic acid groups (broad SMARTS) is 1. The molecule has 1 aromatic rings. The topological polar surface area (TPSA) is 74.6 Å². The van der Waals surface area contributed by atoms with Gasteiger partial charge < -0.3 is 10.2 Å². The van der Waals surface area contributed by atoms with Crippen molar-refractivity contribution in [3.63, 3.8) is 0 Å². The molecule has 0 aliphatic carbocycles. The van der Waals surface area contributed by atoms with Gasteiger partial charge in [-0.1, -0.05) is 12.2 Å². The molecule has 0 amide bonds. The minimum absolute atomic E-state index is 0.425. The molecule has 0 spiro atoms. The maximum atomic E-state index is 11.7. The number of thiol groups is 1. The van der Waals surface area contributed by atoms with Crippen LogP contribution in [0.25, 0.3) is 0 Å². The standard InChI is InChI=1S/C12H10O4S2/c13-9(6-10(14)12(15)16)11-5-8(7-17-11)18-3-1-2-4-18/h1-7,14,18H,(H,15,16). The normalized spacial score (nSPS) is 16.2. The van der Waals surface area contributed by atoms with Gasteiger partial charge in [0.2, 0.25) is 5.76 Å². The fourth-order valence-corrected chi connectivity index (χ4v) is 4.06. The third kappa shape index (κ3) is 2.72. The van der Waals surface area contributed by atoms with E-state index in [0.29, 0.717) is 4.88 Å². The number of rotatable bonds is 4. The van der Waals surface area contributed by atoms with Crippen molar-refractivity contribution < 1.29 is 19.8 Å². The highest BCUT2D eigenvalue weighted by Crippen LogP contribution is 2.43. The van der Waals surface area contributed by atoms with Crippen molar-refractivity contribution in [2.24, 2.45) is 0 Å². The third-order valence-corrected chi connectivity index (χ3v) is 5.18. The maximum Gasteiger partial charge on any atom is 0.371 e. The molecule has 0 saturated heterocycles. The Labute approximate surface area is 110 Å². The lowest BCUT2D eigenvalue weighted by Gasteiger charge is -2.05. The van der Waals surface area contributed by atoms with Crippen LogP contribution in [-0.4, -0.2) is 22.0 Å². The zero-order chi connectivity index (χ0) is 13.1. The van der Waals surface area contributed by atoms with Crippen molar-refractivity contribution in [3.05, 3.63) is 51.1 Å². The zero-order valence-corrected chi connectivity index (χ0v) is 10.8. The summed E-state index contributed by atoms with van der Waals surface area (Å²) >= 11 is 1.25. The number of aliphatic hydroxyl groups excluding tert-OH is 1. The lowest BCUT2D eigenvalue weighted by molar-refractivity contribution is -0.135. The molecule has 0 fully saturated rings. The summed E-state index contributed by atoms with van der Waals surface area (Å²) in [6.45, 7) is 0. The summed E-state index contributed by atoms with van der Waals surface area (Å²) < 4.78 is 0. The minimum Gasteiger partial charge on any atom is -0.502 e. The maximum absolute atomic E-state index is 11.7. The molecule has 1 aliphatic rings. The van der Waals surface area contributed by atoms with Crippen molar-refractivity contribution in [1.82, 2.24) is 0 Å². The predicted octanol–water partition coefficient (Wildman–Crippen LogP) is 2.86. The molecule has 18 heavy (non-hydrogen) atoms. The summed E-state index contributed by atoms with van der Waals surface area (Å²) in [6.07, 6.45) is 4.65. The number of aliphatic carboxylic acids is 1. The fourth-order valence-electron chi connectivity index (χ4n) is 1.35. The van der Waals surface area contributed by atoms with E-state index in [9.17, 15) is 9.59 Å². The molecular formula is C12H10O4S2. The van der Waals surface area contributed by atoms with E-state index in [1.165, 1.54) is 11.3 Å². The van der Waals surface area contributed by atoms with Crippen LogP contribution in [0.3, 0.4) is 0 Å². The quantitative estimate of drug-likeness (QED) is 0.343. The van der Waals surface area contributed by atoms with Gasteiger partial charge >= 0.3 is 5.97 Å². The Hall–Kier alpha value is -1.79. The highest BCUT2D eigenvalue weighted by molar-refractivity contribution is 8.22. The molecular weight excluding hydrogens is 272 g/mol. The molecule has 4 nitrogen and oxygen atoms in total. The average molecular weight is 282 g/mol. The monoisotopic (exact) mass is 282 g/mol. The number of hydrogen-bond donors (Lipinski definition) is 3. The third-order valence-electron chi connectivity index (χ3n) is 2.22. The first kappa shape index (κ1) is 12.7. The fraction of sp³-hybridized carbons (Fsp3) is 0. The summed E-state index contributed by atoms with van der Waals surface area (Å²) in [5.41, 5.74) is 0. The number of carbonyl (C=O) groups excluding carboxylic acids is 1. The lowest BCUT2D eigenvalue weighted by Crippen LogP contribution is -2.02. The second-order valence-corrected chi connectivity index (χ2v) is 6.30. The van der Waals surface area contributed by atoms with Crippen LogP contribution in [-0.2, 0) is 4.79 Å². The number of allylic oxidation sites excluding steroid dienone is 3. The van der Waals surface area contributed by atoms with Gasteiger partial charge in [0.1, 0.15) is 0 Å². The Balaban J connectivity index is 2.17. The van der Waals surface area contributed by atoms with Crippen LogP contribution in [0.15, 0.2) is 51.1 Å². The van der Waals surface area contributed by atoms with E-state index in [1.54, 1.807) is 6.07 Å². The molecule has 0 radical (unpaired) electrons. The molecule has 6 heteroatoms. The van der Waals surface area contributed by atoms with Crippen LogP contribution in [0.1, 0.15) is 9.67 Å². The lowest BCUT2D eigenvalue weighted by atomic mass is 10.3. The van der Waals surface area contributed by atoms with Crippen molar-refractivity contribution in [2.75, 3.05) is 0 Å². The first-order valence-corrected chi connectivity index (χ1v) is 7.34. The molecule has 0 bridgehead atoms. The Morgan fingerprint density at radius 2 is 1.89 bits per heavy atom. The van der Waals surface area contributed by atoms with Crippen LogP contribution in [0.5, 0.6) is 0 Å². The summed E-state index contributed by atoms with van der Waals surface area (Å²) in [6, 6.07) is 1.74. The summed E-state index contributed by atoms with van der Waals surface area (Å²) in [4.78, 5) is 23.5. The van der Waals surface area contributed by atoms with Crippen LogP contribution < -0.4 is 0 Å². The number of carboxylic acids is 1. The molecule has 2 N–H and O–H groups in total. The number of hydrogen-bond acceptors (Lipinski definition) is 4. The molecule has 2 rings (SSSR count). The number of aliphatic hydroxyl groups is 1. The van der Waals surface area contributed by atoms with Gasteiger partial charge in [-0.3, -0.25) is 4.79 Å². The van der Waals surface area contributed by atoms with Crippen LogP contribution in [0.4, 0.5) is 0 Å². The Bertz CT molecular complexity index is 569. The molecule has 2 heterocycles. The van der Waals surface area contributed by atoms with E-state index >= 15 is 0 Å². The van der Waals surface area contributed by atoms with E-state index in [-0.39, 0.29) is 0 Å². The van der Waals surface area contributed by atoms with Crippen molar-refractivity contribution >= 4 is 34.0 Å². The highest BCUT2D eigenvalue weighted by atomic mass is 32.2. The van der Waals surface area contributed by atoms with Crippen molar-refractivity contribution in [1.29, 1.82) is 0 Å².